The molecule has 0 saturated carbocycles. The first kappa shape index (κ1) is 11.8. The average Bonchev–Trinajstić information content (AvgIpc) is 2.10. The van der Waals surface area contributed by atoms with Gasteiger partial charge in [-0.2, -0.15) is 0 Å². The summed E-state index contributed by atoms with van der Waals surface area (Å²) in [5.74, 6) is 0. The van der Waals surface area contributed by atoms with Gasteiger partial charge in [0.2, 0.25) is 0 Å². The first-order valence-electron chi connectivity index (χ1n) is 3.72. The molecule has 5 heteroatoms. The maximum Gasteiger partial charge on any atom is 0.180 e. The first-order chi connectivity index (χ1) is 5.91. The largest absolute Gasteiger partial charge is 0.382 e. The van der Waals surface area contributed by atoms with Gasteiger partial charge in [0.25, 0.3) is 0 Å². The van der Waals surface area contributed by atoms with Crippen LogP contribution in [0, 0.1) is 0 Å². The van der Waals surface area contributed by atoms with E-state index in [-0.39, 0.29) is 6.79 Å². The van der Waals surface area contributed by atoms with E-state index in [1.807, 2.05) is 0 Å². The third-order valence-corrected chi connectivity index (χ3v) is 1.02. The third-order valence-electron chi connectivity index (χ3n) is 1.02. The van der Waals surface area contributed by atoms with Crippen LogP contribution in [-0.2, 0) is 24.0 Å². The number of ether oxygens (including phenoxy) is 3. The van der Waals surface area contributed by atoms with Crippen LogP contribution in [0.15, 0.2) is 0 Å². The summed E-state index contributed by atoms with van der Waals surface area (Å²) in [6, 6.07) is 0. The maximum atomic E-state index is 4.94. The van der Waals surface area contributed by atoms with Crippen molar-refractivity contribution in [3.8, 4) is 0 Å². The van der Waals surface area contributed by atoms with Gasteiger partial charge in [-0.15, -0.1) is 0 Å². The SMILES string of the molecule is COCCOCOOCCOC. The molecule has 0 aromatic heterocycles. The molecule has 0 N–H and O–H groups in total. The van der Waals surface area contributed by atoms with Gasteiger partial charge < -0.3 is 14.2 Å². The van der Waals surface area contributed by atoms with Crippen molar-refractivity contribution in [1.82, 2.24) is 0 Å². The smallest absolute Gasteiger partial charge is 0.180 e. The highest BCUT2D eigenvalue weighted by Crippen LogP contribution is 1.81. The van der Waals surface area contributed by atoms with Crippen molar-refractivity contribution in [3.63, 3.8) is 0 Å². The normalized spacial score (nSPS) is 10.5. The summed E-state index contributed by atoms with van der Waals surface area (Å²) in [6.45, 7) is 2.10. The Balaban J connectivity index is 2.73. The fourth-order valence-electron chi connectivity index (χ4n) is 0.446. The lowest BCUT2D eigenvalue weighted by Crippen LogP contribution is -2.08. The van der Waals surface area contributed by atoms with Gasteiger partial charge in [-0.3, -0.25) is 0 Å². The molecule has 0 aliphatic carbocycles. The Morgan fingerprint density at radius 1 is 0.750 bits per heavy atom. The van der Waals surface area contributed by atoms with Crippen molar-refractivity contribution < 1.29 is 24.0 Å². The van der Waals surface area contributed by atoms with Crippen LogP contribution in [0.2, 0.25) is 0 Å². The Labute approximate surface area is 72.4 Å². The summed E-state index contributed by atoms with van der Waals surface area (Å²) < 4.78 is 14.4. The maximum absolute atomic E-state index is 4.94. The van der Waals surface area contributed by atoms with E-state index in [4.69, 9.17) is 14.2 Å². The second kappa shape index (κ2) is 10.8. The summed E-state index contributed by atoms with van der Waals surface area (Å²) in [5.41, 5.74) is 0. The molecule has 0 unspecified atom stereocenters. The van der Waals surface area contributed by atoms with Crippen LogP contribution in [-0.4, -0.2) is 47.4 Å². The van der Waals surface area contributed by atoms with E-state index in [0.29, 0.717) is 26.4 Å². The topological polar surface area (TPSA) is 46.2 Å². The van der Waals surface area contributed by atoms with Crippen molar-refractivity contribution in [1.29, 1.82) is 0 Å². The van der Waals surface area contributed by atoms with Crippen molar-refractivity contribution in [3.05, 3.63) is 0 Å². The van der Waals surface area contributed by atoms with Gasteiger partial charge in [0, 0.05) is 14.2 Å². The summed E-state index contributed by atoms with van der Waals surface area (Å²) in [7, 11) is 3.21. The van der Waals surface area contributed by atoms with E-state index in [1.54, 1.807) is 14.2 Å². The first-order valence-corrected chi connectivity index (χ1v) is 3.72. The van der Waals surface area contributed by atoms with Gasteiger partial charge in [-0.05, 0) is 0 Å². The van der Waals surface area contributed by atoms with E-state index >= 15 is 0 Å². The summed E-state index contributed by atoms with van der Waals surface area (Å²) in [4.78, 5) is 9.29. The van der Waals surface area contributed by atoms with Crippen LogP contribution in [0.1, 0.15) is 0 Å². The second-order valence-corrected chi connectivity index (χ2v) is 1.95. The minimum absolute atomic E-state index is 0.118. The number of rotatable bonds is 9. The molecule has 12 heavy (non-hydrogen) atoms. The predicted molar refractivity (Wildman–Crippen MR) is 41.6 cm³/mol. The van der Waals surface area contributed by atoms with E-state index < -0.39 is 0 Å². The molecule has 74 valence electrons. The van der Waals surface area contributed by atoms with Gasteiger partial charge in [0.05, 0.1) is 19.8 Å². The summed E-state index contributed by atoms with van der Waals surface area (Å²) >= 11 is 0. The Bertz CT molecular complexity index is 68.2. The fraction of sp³-hybridized carbons (Fsp3) is 1.00. The molecule has 0 saturated heterocycles. The molecule has 0 aliphatic heterocycles. The van der Waals surface area contributed by atoms with E-state index in [2.05, 4.69) is 9.78 Å². The van der Waals surface area contributed by atoms with Crippen molar-refractivity contribution in [2.24, 2.45) is 0 Å². The highest BCUT2D eigenvalue weighted by molar-refractivity contribution is 4.21. The number of hydrogen-bond donors (Lipinski definition) is 0. The van der Waals surface area contributed by atoms with Crippen LogP contribution in [0.3, 0.4) is 0 Å². The molecule has 0 aromatic carbocycles. The molecule has 0 radical (unpaired) electrons. The molecular weight excluding hydrogens is 164 g/mol. The molecule has 0 amide bonds. The Kier molecular flexibility index (Phi) is 10.6. The second-order valence-electron chi connectivity index (χ2n) is 1.95. The molecule has 0 fully saturated rings. The predicted octanol–water partition coefficient (Wildman–Crippen LogP) is 0.202. The number of hydrogen-bond acceptors (Lipinski definition) is 5. The summed E-state index contributed by atoms with van der Waals surface area (Å²) in [6.07, 6.45) is 0. The fourth-order valence-corrected chi connectivity index (χ4v) is 0.446. The molecule has 0 bridgehead atoms. The molecule has 0 atom stereocenters. The van der Waals surface area contributed by atoms with Crippen LogP contribution in [0.5, 0.6) is 0 Å². The van der Waals surface area contributed by atoms with Crippen molar-refractivity contribution in [2.75, 3.05) is 47.4 Å². The van der Waals surface area contributed by atoms with Crippen molar-refractivity contribution in [2.45, 2.75) is 0 Å². The van der Waals surface area contributed by atoms with Gasteiger partial charge in [-0.25, -0.2) is 9.78 Å². The van der Waals surface area contributed by atoms with Gasteiger partial charge >= 0.3 is 0 Å². The Hall–Kier alpha value is -0.200. The van der Waals surface area contributed by atoms with E-state index in [9.17, 15) is 0 Å². The molecule has 5 nitrogen and oxygen atoms in total. The molecular formula is C7H16O5. The summed E-state index contributed by atoms with van der Waals surface area (Å²) in [5, 5.41) is 0. The van der Waals surface area contributed by atoms with Crippen LogP contribution >= 0.6 is 0 Å². The minimum Gasteiger partial charge on any atom is -0.382 e. The highest BCUT2D eigenvalue weighted by atomic mass is 17.2. The Morgan fingerprint density at radius 3 is 2.08 bits per heavy atom. The van der Waals surface area contributed by atoms with Gasteiger partial charge in [0.1, 0.15) is 6.61 Å². The minimum atomic E-state index is 0.118. The molecule has 0 heterocycles. The zero-order chi connectivity index (χ0) is 9.07. The van der Waals surface area contributed by atoms with Crippen LogP contribution in [0.25, 0.3) is 0 Å². The standard InChI is InChI=1S/C7H16O5/c1-8-3-5-10-7-12-11-6-4-9-2/h3-7H2,1-2H3. The Morgan fingerprint density at radius 2 is 1.42 bits per heavy atom. The zero-order valence-electron chi connectivity index (χ0n) is 7.58. The van der Waals surface area contributed by atoms with Crippen LogP contribution in [0.4, 0.5) is 0 Å². The molecule has 0 aromatic rings. The highest BCUT2D eigenvalue weighted by Gasteiger charge is 1.89. The van der Waals surface area contributed by atoms with E-state index in [1.165, 1.54) is 0 Å². The third kappa shape index (κ3) is 9.80. The zero-order valence-corrected chi connectivity index (χ0v) is 7.58. The number of methoxy groups -OCH3 is 2. The van der Waals surface area contributed by atoms with Crippen molar-refractivity contribution >= 4 is 0 Å². The van der Waals surface area contributed by atoms with E-state index in [0.717, 1.165) is 0 Å². The monoisotopic (exact) mass is 180 g/mol. The van der Waals surface area contributed by atoms with Gasteiger partial charge in [-0.1, -0.05) is 0 Å². The molecule has 0 aliphatic rings. The van der Waals surface area contributed by atoms with Crippen LogP contribution < -0.4 is 0 Å². The quantitative estimate of drug-likeness (QED) is 0.219. The lowest BCUT2D eigenvalue weighted by Gasteiger charge is -2.03. The molecule has 0 spiro atoms. The van der Waals surface area contributed by atoms with Gasteiger partial charge in [0.15, 0.2) is 6.79 Å². The molecule has 0 rings (SSSR count). The average molecular weight is 180 g/mol. The lowest BCUT2D eigenvalue weighted by molar-refractivity contribution is -0.339. The lowest BCUT2D eigenvalue weighted by atomic mass is 10.8.